The average molecular weight is 431 g/mol. The lowest BCUT2D eigenvalue weighted by Gasteiger charge is -2.26. The molecule has 0 saturated heterocycles. The second-order valence-corrected chi connectivity index (χ2v) is 7.80. The van der Waals surface area contributed by atoms with Crippen molar-refractivity contribution in [3.63, 3.8) is 0 Å². The third kappa shape index (κ3) is 3.56. The molecule has 0 spiro atoms. The number of benzene rings is 2. The summed E-state index contributed by atoms with van der Waals surface area (Å²) in [6, 6.07) is 4.83. The highest BCUT2D eigenvalue weighted by Crippen LogP contribution is 2.37. The van der Waals surface area contributed by atoms with E-state index in [2.05, 4.69) is 0 Å². The van der Waals surface area contributed by atoms with Gasteiger partial charge in [-0.05, 0) is 62.9 Å². The van der Waals surface area contributed by atoms with Gasteiger partial charge in [0, 0.05) is 22.7 Å². The molecule has 1 aliphatic rings. The van der Waals surface area contributed by atoms with Crippen molar-refractivity contribution in [3.05, 3.63) is 64.6 Å². The van der Waals surface area contributed by atoms with Crippen LogP contribution < -0.4 is 0 Å². The van der Waals surface area contributed by atoms with Crippen LogP contribution in [-0.4, -0.2) is 27.7 Å². The first-order valence-corrected chi connectivity index (χ1v) is 9.92. The normalized spacial score (nSPS) is 15.0. The number of carbonyl (C=O) groups excluding carboxylic acids is 2. The zero-order chi connectivity index (χ0) is 22.4. The zero-order valence-corrected chi connectivity index (χ0v) is 16.9. The van der Waals surface area contributed by atoms with E-state index in [9.17, 15) is 27.9 Å². The molecule has 0 radical (unpaired) electrons. The first kappa shape index (κ1) is 21.0. The Morgan fingerprint density at radius 1 is 1.10 bits per heavy atom. The van der Waals surface area contributed by atoms with Gasteiger partial charge in [0.1, 0.15) is 6.10 Å². The van der Waals surface area contributed by atoms with Crippen molar-refractivity contribution in [2.75, 3.05) is 0 Å². The van der Waals surface area contributed by atoms with Gasteiger partial charge in [-0.2, -0.15) is 0 Å². The lowest BCUT2D eigenvalue weighted by molar-refractivity contribution is -0.154. The van der Waals surface area contributed by atoms with Gasteiger partial charge in [-0.3, -0.25) is 14.2 Å². The van der Waals surface area contributed by atoms with Crippen molar-refractivity contribution >= 4 is 22.8 Å². The fraction of sp³-hybridized carbons (Fsp3) is 0.304. The van der Waals surface area contributed by atoms with Gasteiger partial charge in [-0.1, -0.05) is 0 Å². The van der Waals surface area contributed by atoms with Crippen molar-refractivity contribution in [2.24, 2.45) is 0 Å². The molecule has 162 valence electrons. The predicted molar refractivity (Wildman–Crippen MR) is 107 cm³/mol. The van der Waals surface area contributed by atoms with Crippen LogP contribution in [0.3, 0.4) is 0 Å². The molecule has 1 aromatic heterocycles. The van der Waals surface area contributed by atoms with E-state index in [0.29, 0.717) is 16.6 Å². The number of halogens is 3. The molecule has 0 aliphatic heterocycles. The van der Waals surface area contributed by atoms with Gasteiger partial charge < -0.3 is 9.84 Å². The Morgan fingerprint density at radius 2 is 1.81 bits per heavy atom. The Kier molecular flexibility index (Phi) is 5.24. The Morgan fingerprint density at radius 3 is 2.42 bits per heavy atom. The summed E-state index contributed by atoms with van der Waals surface area (Å²) in [6.07, 6.45) is 2.43. The molecule has 0 amide bonds. The summed E-state index contributed by atoms with van der Waals surface area (Å²) in [4.78, 5) is 25.8. The van der Waals surface area contributed by atoms with E-state index in [0.717, 1.165) is 54.2 Å². The van der Waals surface area contributed by atoms with Crippen LogP contribution in [0.1, 0.15) is 53.7 Å². The molecular weight excluding hydrogens is 411 g/mol. The van der Waals surface area contributed by atoms with Crippen molar-refractivity contribution in [2.45, 2.75) is 45.1 Å². The number of aromatic nitrogens is 1. The maximum atomic E-state index is 14.2. The molecule has 1 heterocycles. The number of esters is 1. The summed E-state index contributed by atoms with van der Waals surface area (Å²) >= 11 is 0. The molecule has 1 fully saturated rings. The van der Waals surface area contributed by atoms with E-state index in [-0.39, 0.29) is 17.2 Å². The number of carbonyl (C=O) groups is 2. The lowest BCUT2D eigenvalue weighted by atomic mass is 9.94. The number of nitrogens with zero attached hydrogens (tertiary/aromatic N) is 1. The third-order valence-electron chi connectivity index (χ3n) is 5.81. The van der Waals surface area contributed by atoms with E-state index >= 15 is 0 Å². The number of hydrogen-bond donors (Lipinski definition) is 1. The predicted octanol–water partition coefficient (Wildman–Crippen LogP) is 4.96. The smallest absolute Gasteiger partial charge is 0.313 e. The summed E-state index contributed by atoms with van der Waals surface area (Å²) in [5.41, 5.74) is 0.655. The highest BCUT2D eigenvalue weighted by atomic mass is 19.2. The topological polar surface area (TPSA) is 68.5 Å². The summed E-state index contributed by atoms with van der Waals surface area (Å²) < 4.78 is 47.8. The molecule has 1 N–H and O–H groups in total. The highest BCUT2D eigenvalue weighted by molar-refractivity contribution is 6.05. The number of phenols is 1. The van der Waals surface area contributed by atoms with Crippen LogP contribution >= 0.6 is 0 Å². The molecule has 1 unspecified atom stereocenters. The maximum absolute atomic E-state index is 14.2. The number of rotatable bonds is 4. The molecule has 5 nitrogen and oxygen atoms in total. The monoisotopic (exact) mass is 431 g/mol. The van der Waals surface area contributed by atoms with Crippen LogP contribution in [0.2, 0.25) is 0 Å². The minimum absolute atomic E-state index is 0.0980. The van der Waals surface area contributed by atoms with Gasteiger partial charge in [-0.25, -0.2) is 13.2 Å². The van der Waals surface area contributed by atoms with Gasteiger partial charge in [0.05, 0.1) is 11.4 Å². The van der Waals surface area contributed by atoms with Gasteiger partial charge in [0.2, 0.25) is 0 Å². The number of phenolic OH excluding ortho intramolecular Hbond substituents is 1. The first-order valence-electron chi connectivity index (χ1n) is 9.92. The summed E-state index contributed by atoms with van der Waals surface area (Å²) in [5, 5.41) is 10.2. The van der Waals surface area contributed by atoms with Crippen molar-refractivity contribution in [1.29, 1.82) is 0 Å². The maximum Gasteiger partial charge on any atom is 0.313 e. The van der Waals surface area contributed by atoms with E-state index in [4.69, 9.17) is 4.74 Å². The summed E-state index contributed by atoms with van der Waals surface area (Å²) in [6.45, 7) is 3.17. The average Bonchev–Trinajstić information content (AvgIpc) is 2.96. The van der Waals surface area contributed by atoms with Crippen LogP contribution in [0.15, 0.2) is 30.3 Å². The molecular formula is C23H20F3NO4. The molecule has 2 aromatic carbocycles. The van der Waals surface area contributed by atoms with E-state index in [1.807, 2.05) is 0 Å². The Hall–Kier alpha value is -3.29. The Labute approximate surface area is 176 Å². The van der Waals surface area contributed by atoms with E-state index < -0.39 is 41.0 Å². The molecule has 0 bridgehead atoms. The van der Waals surface area contributed by atoms with Gasteiger partial charge >= 0.3 is 5.97 Å². The Balaban J connectivity index is 1.86. The second kappa shape index (κ2) is 7.76. The molecule has 1 aliphatic carbocycles. The summed E-state index contributed by atoms with van der Waals surface area (Å²) in [7, 11) is 0. The number of aromatic hydroxyl groups is 1. The second-order valence-electron chi connectivity index (χ2n) is 7.80. The van der Waals surface area contributed by atoms with E-state index in [1.54, 1.807) is 13.8 Å². The number of ether oxygens (including phenoxy) is 1. The van der Waals surface area contributed by atoms with Crippen LogP contribution in [0, 0.1) is 24.4 Å². The molecule has 3 aromatic rings. The highest BCUT2D eigenvalue weighted by Gasteiger charge is 2.31. The minimum Gasteiger partial charge on any atom is -0.505 e. The SMILES string of the molecule is Cc1c(C(C)C(=O)OC2CCC2)c2cc(O)c(F)cc2n1C(=O)c1ccc(F)c(F)c1. The zero-order valence-electron chi connectivity index (χ0n) is 16.9. The Bertz CT molecular complexity index is 1210. The molecule has 8 heteroatoms. The van der Waals surface area contributed by atoms with E-state index in [1.165, 1.54) is 0 Å². The fourth-order valence-corrected chi connectivity index (χ4v) is 3.89. The molecule has 31 heavy (non-hydrogen) atoms. The molecule has 4 rings (SSSR count). The molecule has 1 saturated carbocycles. The quantitative estimate of drug-likeness (QED) is 0.593. The standard InChI is InChI=1S/C23H20F3NO4/c1-11(23(30)31-14-4-3-5-14)21-12(2)27(19-10-18(26)20(28)9-15(19)21)22(29)13-6-7-16(24)17(25)8-13/h6-11,14,28H,3-5H2,1-2H3. The van der Waals surface area contributed by atoms with Crippen LogP contribution in [0.4, 0.5) is 13.2 Å². The third-order valence-corrected chi connectivity index (χ3v) is 5.81. The fourth-order valence-electron chi connectivity index (χ4n) is 3.89. The van der Waals surface area contributed by atoms with Gasteiger partial charge in [-0.15, -0.1) is 0 Å². The molecule has 1 atom stereocenters. The largest absolute Gasteiger partial charge is 0.505 e. The minimum atomic E-state index is -1.19. The first-order chi connectivity index (χ1) is 14.7. The number of fused-ring (bicyclic) bond motifs is 1. The van der Waals surface area contributed by atoms with Crippen LogP contribution in [0.25, 0.3) is 10.9 Å². The summed E-state index contributed by atoms with van der Waals surface area (Å²) in [5.74, 6) is -5.90. The van der Waals surface area contributed by atoms with Crippen LogP contribution in [-0.2, 0) is 9.53 Å². The van der Waals surface area contributed by atoms with Crippen molar-refractivity contribution in [3.8, 4) is 5.75 Å². The lowest BCUT2D eigenvalue weighted by Crippen LogP contribution is -2.27. The van der Waals surface area contributed by atoms with Gasteiger partial charge in [0.15, 0.2) is 23.2 Å². The van der Waals surface area contributed by atoms with Gasteiger partial charge in [0.25, 0.3) is 5.91 Å². The van der Waals surface area contributed by atoms with Crippen molar-refractivity contribution < 1.29 is 32.6 Å². The van der Waals surface area contributed by atoms with Crippen molar-refractivity contribution in [1.82, 2.24) is 4.57 Å². The number of hydrogen-bond acceptors (Lipinski definition) is 4. The van der Waals surface area contributed by atoms with Crippen LogP contribution in [0.5, 0.6) is 5.75 Å².